The molecule has 0 aromatic carbocycles. The zero-order valence-corrected chi connectivity index (χ0v) is 9.42. The fourth-order valence-electron chi connectivity index (χ4n) is 1.60. The molecule has 1 atom stereocenters. The smallest absolute Gasteiger partial charge is 0.342 e. The lowest BCUT2D eigenvalue weighted by atomic mass is 9.92. The van der Waals surface area contributed by atoms with E-state index in [2.05, 4.69) is 0 Å². The van der Waals surface area contributed by atoms with E-state index < -0.39 is 23.1 Å². The third kappa shape index (κ3) is 3.29. The molecule has 0 fully saturated rings. The topological polar surface area (TPSA) is 83.8 Å². The van der Waals surface area contributed by atoms with Crippen molar-refractivity contribution in [2.24, 2.45) is 0 Å². The van der Waals surface area contributed by atoms with Crippen molar-refractivity contribution in [2.75, 3.05) is 6.61 Å². The molecule has 92 valence electrons. The average Bonchev–Trinajstić information content (AvgIpc) is 2.27. The molecular formula is C12H14O5. The predicted octanol–water partition coefficient (Wildman–Crippen LogP) is 1.37. The number of carboxylic acid groups (broad SMARTS) is 2. The number of ether oxygens (including phenoxy) is 1. The summed E-state index contributed by atoms with van der Waals surface area (Å²) < 4.78 is 5.46. The quantitative estimate of drug-likeness (QED) is 0.429. The molecule has 0 radical (unpaired) electrons. The Morgan fingerprint density at radius 2 is 2.00 bits per heavy atom. The number of carboxylic acids is 2. The van der Waals surface area contributed by atoms with Crippen LogP contribution in [0.15, 0.2) is 36.0 Å². The Labute approximate surface area is 98.7 Å². The van der Waals surface area contributed by atoms with Crippen LogP contribution in [0.2, 0.25) is 0 Å². The monoisotopic (exact) mass is 238 g/mol. The first-order valence-electron chi connectivity index (χ1n) is 5.18. The molecule has 2 N–H and O–H groups in total. The van der Waals surface area contributed by atoms with Crippen LogP contribution in [0.3, 0.4) is 0 Å². The van der Waals surface area contributed by atoms with E-state index in [1.165, 1.54) is 0 Å². The van der Waals surface area contributed by atoms with Crippen molar-refractivity contribution < 1.29 is 24.5 Å². The van der Waals surface area contributed by atoms with E-state index in [1.54, 1.807) is 31.2 Å². The van der Waals surface area contributed by atoms with Crippen LogP contribution in [-0.4, -0.2) is 34.4 Å². The van der Waals surface area contributed by atoms with Crippen molar-refractivity contribution in [3.8, 4) is 0 Å². The zero-order chi connectivity index (χ0) is 12.9. The maximum atomic E-state index is 10.8. The summed E-state index contributed by atoms with van der Waals surface area (Å²) in [6.45, 7) is 2.13. The van der Waals surface area contributed by atoms with Gasteiger partial charge in [-0.1, -0.05) is 18.2 Å². The van der Waals surface area contributed by atoms with Gasteiger partial charge in [0.1, 0.15) is 11.2 Å². The summed E-state index contributed by atoms with van der Waals surface area (Å²) in [7, 11) is 0. The molecule has 1 aliphatic carbocycles. The van der Waals surface area contributed by atoms with Crippen molar-refractivity contribution in [3.63, 3.8) is 0 Å². The molecule has 1 unspecified atom stereocenters. The number of aliphatic carboxylic acids is 2. The molecule has 0 bridgehead atoms. The molecule has 0 saturated carbocycles. The van der Waals surface area contributed by atoms with E-state index in [1.807, 2.05) is 0 Å². The summed E-state index contributed by atoms with van der Waals surface area (Å²) in [5, 5.41) is 17.6. The van der Waals surface area contributed by atoms with Crippen LogP contribution in [0.1, 0.15) is 13.3 Å². The summed E-state index contributed by atoms with van der Waals surface area (Å²) >= 11 is 0. The minimum Gasteiger partial charge on any atom is -0.477 e. The summed E-state index contributed by atoms with van der Waals surface area (Å²) in [4.78, 5) is 21.6. The molecule has 0 aliphatic heterocycles. The minimum absolute atomic E-state index is 0.362. The van der Waals surface area contributed by atoms with Crippen molar-refractivity contribution in [3.05, 3.63) is 36.0 Å². The summed E-state index contributed by atoms with van der Waals surface area (Å²) in [6.07, 6.45) is 8.52. The van der Waals surface area contributed by atoms with Crippen LogP contribution in [0, 0.1) is 0 Å². The average molecular weight is 238 g/mol. The Hall–Kier alpha value is -1.88. The lowest BCUT2D eigenvalue weighted by Gasteiger charge is -2.28. The van der Waals surface area contributed by atoms with Gasteiger partial charge < -0.3 is 14.9 Å². The van der Waals surface area contributed by atoms with Gasteiger partial charge in [0.15, 0.2) is 0 Å². The summed E-state index contributed by atoms with van der Waals surface area (Å²) in [6, 6.07) is 0. The van der Waals surface area contributed by atoms with Crippen LogP contribution < -0.4 is 0 Å². The first-order valence-corrected chi connectivity index (χ1v) is 5.18. The van der Waals surface area contributed by atoms with Crippen molar-refractivity contribution in [2.45, 2.75) is 18.9 Å². The molecule has 0 aromatic rings. The Morgan fingerprint density at radius 3 is 2.41 bits per heavy atom. The van der Waals surface area contributed by atoms with E-state index in [0.717, 1.165) is 6.08 Å². The number of hydrogen-bond acceptors (Lipinski definition) is 3. The molecule has 5 heteroatoms. The molecule has 0 heterocycles. The van der Waals surface area contributed by atoms with Gasteiger partial charge in [-0.25, -0.2) is 9.59 Å². The highest BCUT2D eigenvalue weighted by Crippen LogP contribution is 2.25. The van der Waals surface area contributed by atoms with Crippen LogP contribution in [0.4, 0.5) is 0 Å². The highest BCUT2D eigenvalue weighted by molar-refractivity contribution is 6.12. The van der Waals surface area contributed by atoms with Gasteiger partial charge in [0, 0.05) is 13.0 Å². The maximum Gasteiger partial charge on any atom is 0.342 e. The van der Waals surface area contributed by atoms with Crippen LogP contribution in [-0.2, 0) is 14.3 Å². The largest absolute Gasteiger partial charge is 0.477 e. The molecule has 0 saturated heterocycles. The number of allylic oxidation sites excluding steroid dienone is 2. The van der Waals surface area contributed by atoms with Crippen LogP contribution in [0.25, 0.3) is 0 Å². The van der Waals surface area contributed by atoms with E-state index in [9.17, 15) is 9.59 Å². The van der Waals surface area contributed by atoms with E-state index in [-0.39, 0.29) is 0 Å². The maximum absolute atomic E-state index is 10.8. The Kier molecular flexibility index (Phi) is 4.23. The Balaban J connectivity index is 3.11. The number of rotatable bonds is 5. The molecular weight excluding hydrogens is 224 g/mol. The summed E-state index contributed by atoms with van der Waals surface area (Å²) in [5.74, 6) is -2.95. The van der Waals surface area contributed by atoms with Gasteiger partial charge in [0.05, 0.1) is 0 Å². The van der Waals surface area contributed by atoms with E-state index >= 15 is 0 Å². The Bertz CT molecular complexity index is 389. The molecule has 0 amide bonds. The van der Waals surface area contributed by atoms with Gasteiger partial charge in [-0.3, -0.25) is 0 Å². The lowest BCUT2D eigenvalue weighted by Crippen LogP contribution is -2.30. The van der Waals surface area contributed by atoms with Gasteiger partial charge in [0.25, 0.3) is 0 Å². The van der Waals surface area contributed by atoms with Gasteiger partial charge in [-0.15, -0.1) is 0 Å². The highest BCUT2D eigenvalue weighted by Gasteiger charge is 2.29. The second-order valence-electron chi connectivity index (χ2n) is 3.55. The second-order valence-corrected chi connectivity index (χ2v) is 3.55. The fourth-order valence-corrected chi connectivity index (χ4v) is 1.60. The van der Waals surface area contributed by atoms with Crippen molar-refractivity contribution in [1.29, 1.82) is 0 Å². The van der Waals surface area contributed by atoms with Gasteiger partial charge in [0.2, 0.25) is 0 Å². The highest BCUT2D eigenvalue weighted by atomic mass is 16.5. The van der Waals surface area contributed by atoms with E-state index in [0.29, 0.717) is 13.0 Å². The van der Waals surface area contributed by atoms with Crippen molar-refractivity contribution >= 4 is 11.9 Å². The molecule has 0 spiro atoms. The van der Waals surface area contributed by atoms with Crippen LogP contribution >= 0.6 is 0 Å². The third-order valence-corrected chi connectivity index (χ3v) is 2.32. The lowest BCUT2D eigenvalue weighted by molar-refractivity contribution is -0.140. The van der Waals surface area contributed by atoms with Gasteiger partial charge >= 0.3 is 11.9 Å². The molecule has 17 heavy (non-hydrogen) atoms. The first kappa shape index (κ1) is 13.2. The summed E-state index contributed by atoms with van der Waals surface area (Å²) in [5.41, 5.74) is -1.66. The Morgan fingerprint density at radius 1 is 1.35 bits per heavy atom. The van der Waals surface area contributed by atoms with E-state index in [4.69, 9.17) is 14.9 Å². The zero-order valence-electron chi connectivity index (χ0n) is 9.42. The number of hydrogen-bond donors (Lipinski definition) is 2. The third-order valence-electron chi connectivity index (χ3n) is 2.32. The minimum atomic E-state index is -1.47. The van der Waals surface area contributed by atoms with Crippen molar-refractivity contribution in [1.82, 2.24) is 0 Å². The molecule has 0 aromatic heterocycles. The first-order chi connectivity index (χ1) is 8.01. The number of carbonyl (C=O) groups is 2. The SMILES string of the molecule is CCOC1(C=C(C(=O)O)C(=O)O)C=CC=CC1. The standard InChI is InChI=1S/C12H14O5/c1-2-17-12(6-4-3-5-7-12)8-9(10(13)14)11(15)16/h3-6,8H,2,7H2,1H3,(H,13,14)(H,15,16). The second kappa shape index (κ2) is 5.45. The normalized spacial score (nSPS) is 22.2. The molecule has 1 aliphatic rings. The molecule has 5 nitrogen and oxygen atoms in total. The fraction of sp³-hybridized carbons (Fsp3) is 0.333. The predicted molar refractivity (Wildman–Crippen MR) is 60.6 cm³/mol. The van der Waals surface area contributed by atoms with Gasteiger partial charge in [-0.05, 0) is 19.1 Å². The van der Waals surface area contributed by atoms with Gasteiger partial charge in [-0.2, -0.15) is 0 Å². The van der Waals surface area contributed by atoms with Crippen LogP contribution in [0.5, 0.6) is 0 Å². The molecule has 1 rings (SSSR count).